The van der Waals surface area contributed by atoms with Gasteiger partial charge in [0.1, 0.15) is 6.17 Å². The lowest BCUT2D eigenvalue weighted by molar-refractivity contribution is -0.137. The molecule has 9 heteroatoms. The molecule has 0 bridgehead atoms. The maximum absolute atomic E-state index is 13.6. The zero-order chi connectivity index (χ0) is 22.1. The van der Waals surface area contributed by atoms with Gasteiger partial charge >= 0.3 is 18.2 Å². The van der Waals surface area contributed by atoms with Crippen LogP contribution < -0.4 is 4.90 Å². The van der Waals surface area contributed by atoms with Crippen LogP contribution in [0.5, 0.6) is 0 Å². The van der Waals surface area contributed by atoms with Gasteiger partial charge in [0, 0.05) is 12.2 Å². The van der Waals surface area contributed by atoms with Crippen molar-refractivity contribution in [1.82, 2.24) is 4.90 Å². The van der Waals surface area contributed by atoms with Gasteiger partial charge in [-0.25, -0.2) is 14.0 Å². The van der Waals surface area contributed by atoms with Gasteiger partial charge in [-0.3, -0.25) is 4.90 Å². The average Bonchev–Trinajstić information content (AvgIpc) is 3.11. The van der Waals surface area contributed by atoms with Gasteiger partial charge in [0.2, 0.25) is 0 Å². The molecule has 3 rings (SSSR count). The average molecular weight is 424 g/mol. The van der Waals surface area contributed by atoms with Crippen molar-refractivity contribution in [3.63, 3.8) is 0 Å². The minimum absolute atomic E-state index is 0.00160. The number of anilines is 1. The number of amides is 2. The molecule has 5 nitrogen and oxygen atoms in total. The monoisotopic (exact) mass is 424 g/mol. The largest absolute Gasteiger partial charge is 0.478 e. The maximum atomic E-state index is 13.6. The van der Waals surface area contributed by atoms with Crippen LogP contribution >= 0.6 is 0 Å². The van der Waals surface area contributed by atoms with E-state index in [0.29, 0.717) is 11.1 Å². The molecule has 0 saturated carbocycles. The molecule has 0 aromatic heterocycles. The number of benzene rings is 2. The van der Waals surface area contributed by atoms with Crippen molar-refractivity contribution >= 4 is 17.7 Å². The van der Waals surface area contributed by atoms with Crippen molar-refractivity contribution in [3.05, 3.63) is 64.7 Å². The quantitative estimate of drug-likeness (QED) is 0.712. The highest BCUT2D eigenvalue weighted by molar-refractivity contribution is 5.92. The molecule has 1 atom stereocenters. The summed E-state index contributed by atoms with van der Waals surface area (Å²) in [6.07, 6.45) is -5.44. The molecule has 30 heavy (non-hydrogen) atoms. The lowest BCUT2D eigenvalue weighted by Crippen LogP contribution is -2.42. The van der Waals surface area contributed by atoms with E-state index in [2.05, 4.69) is 0 Å². The van der Waals surface area contributed by atoms with Gasteiger partial charge in [0.05, 0.1) is 24.2 Å². The number of aryl methyl sites for hydroxylation is 1. The van der Waals surface area contributed by atoms with E-state index in [1.54, 1.807) is 19.1 Å². The highest BCUT2D eigenvalue weighted by atomic mass is 19.4. The molecule has 2 amide bonds. The van der Waals surface area contributed by atoms with Crippen molar-refractivity contribution in [2.24, 2.45) is 0 Å². The van der Waals surface area contributed by atoms with Gasteiger partial charge in [-0.05, 0) is 54.8 Å². The molecule has 1 saturated heterocycles. The van der Waals surface area contributed by atoms with Crippen LogP contribution in [0.3, 0.4) is 0 Å². The van der Waals surface area contributed by atoms with Gasteiger partial charge in [0.15, 0.2) is 0 Å². The maximum Gasteiger partial charge on any atom is 0.416 e. The zero-order valence-corrected chi connectivity index (χ0v) is 16.1. The number of alkyl halides is 4. The van der Waals surface area contributed by atoms with Crippen LogP contribution in [0, 0.1) is 6.92 Å². The summed E-state index contributed by atoms with van der Waals surface area (Å²) in [6.45, 7) is 1.75. The smallest absolute Gasteiger partial charge is 0.416 e. The van der Waals surface area contributed by atoms with Crippen LogP contribution in [0.4, 0.5) is 28.0 Å². The van der Waals surface area contributed by atoms with Crippen molar-refractivity contribution in [2.45, 2.75) is 32.2 Å². The van der Waals surface area contributed by atoms with E-state index >= 15 is 0 Å². The topological polar surface area (TPSA) is 60.9 Å². The van der Waals surface area contributed by atoms with Crippen LogP contribution in [0.15, 0.2) is 42.5 Å². The molecule has 0 spiro atoms. The summed E-state index contributed by atoms with van der Waals surface area (Å²) < 4.78 is 52.2. The normalized spacial score (nSPS) is 16.6. The number of rotatable bonds is 4. The second-order valence-electron chi connectivity index (χ2n) is 7.20. The second kappa shape index (κ2) is 8.33. The van der Waals surface area contributed by atoms with Crippen molar-refractivity contribution in [3.8, 4) is 0 Å². The van der Waals surface area contributed by atoms with Crippen LogP contribution in [-0.4, -0.2) is 41.3 Å². The van der Waals surface area contributed by atoms with E-state index in [0.717, 1.165) is 12.1 Å². The number of carboxylic acids is 1. The Hall–Kier alpha value is -3.10. The molecule has 1 aliphatic heterocycles. The molecule has 0 aliphatic carbocycles. The summed E-state index contributed by atoms with van der Waals surface area (Å²) in [6, 6.07) is 8.21. The number of urea groups is 1. The van der Waals surface area contributed by atoms with Crippen molar-refractivity contribution < 1.29 is 32.3 Å². The molecule has 1 aliphatic rings. The Balaban J connectivity index is 1.92. The number of carbonyl (C=O) groups excluding carboxylic acids is 1. The van der Waals surface area contributed by atoms with Gasteiger partial charge in [-0.2, -0.15) is 13.2 Å². The second-order valence-corrected chi connectivity index (χ2v) is 7.20. The van der Waals surface area contributed by atoms with Crippen molar-refractivity contribution in [1.29, 1.82) is 0 Å². The molecule has 2 aromatic carbocycles. The third-order valence-electron chi connectivity index (χ3n) is 5.00. The van der Waals surface area contributed by atoms with Crippen molar-refractivity contribution in [2.75, 3.05) is 18.0 Å². The SMILES string of the molecule is Cc1cc(CN(C(=O)N2CC[C@@H](F)C2)c2ccc(C(F)(F)F)cc2)ccc1C(=O)O. The first kappa shape index (κ1) is 21.6. The summed E-state index contributed by atoms with van der Waals surface area (Å²) in [7, 11) is 0. The summed E-state index contributed by atoms with van der Waals surface area (Å²) in [5.74, 6) is -1.08. The van der Waals surface area contributed by atoms with Gasteiger partial charge in [-0.15, -0.1) is 0 Å². The molecule has 1 N–H and O–H groups in total. The number of carboxylic acid groups (broad SMARTS) is 1. The highest BCUT2D eigenvalue weighted by Crippen LogP contribution is 2.31. The van der Waals surface area contributed by atoms with Gasteiger partial charge in [-0.1, -0.05) is 12.1 Å². The van der Waals surface area contributed by atoms with Crippen LogP contribution in [0.1, 0.15) is 33.5 Å². The number of hydrogen-bond donors (Lipinski definition) is 1. The fourth-order valence-corrected chi connectivity index (χ4v) is 3.41. The standard InChI is InChI=1S/C21H20F4N2O3/c1-13-10-14(2-7-18(13)19(28)29)11-27(20(30)26-9-8-16(22)12-26)17-5-3-15(4-6-17)21(23,24)25/h2-7,10,16H,8-9,11-12H2,1H3,(H,28,29)/t16-/m1/s1. The number of nitrogens with zero attached hydrogens (tertiary/aromatic N) is 2. The van der Waals surface area contributed by atoms with E-state index in [-0.39, 0.29) is 37.3 Å². The molecule has 2 aromatic rings. The molecule has 1 heterocycles. The number of hydrogen-bond acceptors (Lipinski definition) is 2. The van der Waals surface area contributed by atoms with Gasteiger partial charge in [0.25, 0.3) is 0 Å². The molecular formula is C21H20F4N2O3. The summed E-state index contributed by atoms with van der Waals surface area (Å²) in [5, 5.41) is 9.17. The Bertz CT molecular complexity index is 944. The first-order valence-electron chi connectivity index (χ1n) is 9.27. The fourth-order valence-electron chi connectivity index (χ4n) is 3.41. The lowest BCUT2D eigenvalue weighted by Gasteiger charge is -2.28. The minimum Gasteiger partial charge on any atom is -0.478 e. The molecule has 160 valence electrons. The Morgan fingerprint density at radius 1 is 1.17 bits per heavy atom. The summed E-state index contributed by atoms with van der Waals surface area (Å²) in [5.41, 5.74) is 0.595. The molecule has 1 fully saturated rings. The Kier molecular flexibility index (Phi) is 6.00. The predicted octanol–water partition coefficient (Wildman–Crippen LogP) is 4.88. The Labute approximate surface area is 170 Å². The zero-order valence-electron chi connectivity index (χ0n) is 16.1. The summed E-state index contributed by atoms with van der Waals surface area (Å²) >= 11 is 0. The third-order valence-corrected chi connectivity index (χ3v) is 5.00. The fraction of sp³-hybridized carbons (Fsp3) is 0.333. The molecular weight excluding hydrogens is 404 g/mol. The first-order chi connectivity index (χ1) is 14.1. The minimum atomic E-state index is -4.51. The first-order valence-corrected chi connectivity index (χ1v) is 9.27. The van der Waals surface area contributed by atoms with E-state index in [1.807, 2.05) is 0 Å². The molecule has 0 radical (unpaired) electrons. The Morgan fingerprint density at radius 3 is 2.33 bits per heavy atom. The number of likely N-dealkylation sites (tertiary alicyclic amines) is 1. The molecule has 0 unspecified atom stereocenters. The highest BCUT2D eigenvalue weighted by Gasteiger charge is 2.32. The van der Waals surface area contributed by atoms with Crippen LogP contribution in [0.25, 0.3) is 0 Å². The number of aromatic carboxylic acids is 1. The predicted molar refractivity (Wildman–Crippen MR) is 102 cm³/mol. The number of carbonyl (C=O) groups is 2. The van der Waals surface area contributed by atoms with E-state index in [4.69, 9.17) is 5.11 Å². The van der Waals surface area contributed by atoms with E-state index < -0.39 is 29.9 Å². The van der Waals surface area contributed by atoms with E-state index in [1.165, 1.54) is 28.0 Å². The third kappa shape index (κ3) is 4.72. The Morgan fingerprint density at radius 2 is 1.83 bits per heavy atom. The van der Waals surface area contributed by atoms with Gasteiger partial charge < -0.3 is 10.0 Å². The van der Waals surface area contributed by atoms with Crippen LogP contribution in [0.2, 0.25) is 0 Å². The number of halogens is 4. The van der Waals surface area contributed by atoms with Crippen LogP contribution in [-0.2, 0) is 12.7 Å². The summed E-state index contributed by atoms with van der Waals surface area (Å²) in [4.78, 5) is 26.8. The lowest BCUT2D eigenvalue weighted by atomic mass is 10.0. The van der Waals surface area contributed by atoms with E-state index in [9.17, 15) is 27.2 Å².